The Labute approximate surface area is 174 Å². The third kappa shape index (κ3) is 3.34. The normalized spacial score (nSPS) is 16.6. The molecule has 4 rings (SSSR count). The van der Waals surface area contributed by atoms with Gasteiger partial charge in [0, 0.05) is 42.0 Å². The van der Waals surface area contributed by atoms with Gasteiger partial charge in [-0.3, -0.25) is 0 Å². The summed E-state index contributed by atoms with van der Waals surface area (Å²) in [6.45, 7) is 1.47. The number of hydrogen-bond donors (Lipinski definition) is 2. The van der Waals surface area contributed by atoms with E-state index in [1.54, 1.807) is 10.9 Å². The van der Waals surface area contributed by atoms with E-state index in [-0.39, 0.29) is 28.6 Å². The van der Waals surface area contributed by atoms with Gasteiger partial charge < -0.3 is 15.3 Å². The highest BCUT2D eigenvalue weighted by Crippen LogP contribution is 2.44. The van der Waals surface area contributed by atoms with Gasteiger partial charge in [0.05, 0.1) is 34.4 Å². The van der Waals surface area contributed by atoms with Crippen LogP contribution in [0.1, 0.15) is 12.0 Å². The van der Waals surface area contributed by atoms with Crippen molar-refractivity contribution in [3.05, 3.63) is 33.4 Å². The molecule has 0 aliphatic carbocycles. The Morgan fingerprint density at radius 2 is 2.28 bits per heavy atom. The number of hydrogen-bond acceptors (Lipinski definition) is 8. The minimum atomic E-state index is -0.700. The van der Waals surface area contributed by atoms with Crippen molar-refractivity contribution in [2.45, 2.75) is 12.5 Å². The molecule has 2 N–H and O–H groups in total. The molecule has 1 atom stereocenters. The molecule has 3 heterocycles. The summed E-state index contributed by atoms with van der Waals surface area (Å²) in [5.74, 6) is -1.25. The van der Waals surface area contributed by atoms with Gasteiger partial charge in [0.25, 0.3) is 0 Å². The monoisotopic (exact) mass is 428 g/mol. The largest absolute Gasteiger partial charge is 0.492 e. The smallest absolute Gasteiger partial charge is 0.232 e. The summed E-state index contributed by atoms with van der Waals surface area (Å²) in [5.41, 5.74) is 2.83. The molecule has 0 unspecified atom stereocenters. The van der Waals surface area contributed by atoms with Crippen molar-refractivity contribution in [3.8, 4) is 29.3 Å². The van der Waals surface area contributed by atoms with Gasteiger partial charge in [-0.05, 0) is 6.07 Å². The molecule has 0 saturated carbocycles. The number of aromatic hydroxyl groups is 1. The van der Waals surface area contributed by atoms with Crippen LogP contribution in [0.15, 0.2) is 17.0 Å². The average Bonchev–Trinajstić information content (AvgIpc) is 3.22. The van der Waals surface area contributed by atoms with Crippen LogP contribution in [0.2, 0.25) is 5.02 Å². The van der Waals surface area contributed by atoms with Crippen LogP contribution < -0.4 is 10.2 Å². The van der Waals surface area contributed by atoms with Crippen molar-refractivity contribution >= 4 is 39.5 Å². The Morgan fingerprint density at radius 3 is 2.97 bits per heavy atom. The van der Waals surface area contributed by atoms with E-state index in [0.717, 1.165) is 6.07 Å². The zero-order valence-electron chi connectivity index (χ0n) is 15.0. The summed E-state index contributed by atoms with van der Waals surface area (Å²) in [7, 11) is 0. The highest BCUT2D eigenvalue weighted by Gasteiger charge is 2.29. The highest BCUT2D eigenvalue weighted by molar-refractivity contribution is 7.07. The van der Waals surface area contributed by atoms with Crippen molar-refractivity contribution in [3.63, 3.8) is 0 Å². The average molecular weight is 429 g/mol. The van der Waals surface area contributed by atoms with E-state index in [0.29, 0.717) is 42.0 Å². The number of nitriles is 2. The summed E-state index contributed by atoms with van der Waals surface area (Å²) in [5, 5.41) is 34.6. The van der Waals surface area contributed by atoms with Gasteiger partial charge in [0.1, 0.15) is 17.1 Å². The maximum absolute atomic E-state index is 14.8. The summed E-state index contributed by atoms with van der Waals surface area (Å²) >= 11 is 7.76. The van der Waals surface area contributed by atoms with Crippen LogP contribution >= 0.6 is 22.9 Å². The Bertz CT molecular complexity index is 1170. The molecule has 0 bridgehead atoms. The number of nitrogens with one attached hydrogen (secondary N) is 1. The number of aromatic nitrogens is 2. The Balaban J connectivity index is 2.06. The highest BCUT2D eigenvalue weighted by atomic mass is 35.5. The van der Waals surface area contributed by atoms with Crippen LogP contribution in [-0.2, 0) is 0 Å². The molecule has 0 amide bonds. The third-order valence-electron chi connectivity index (χ3n) is 4.83. The predicted molar refractivity (Wildman–Crippen MR) is 108 cm³/mol. The maximum atomic E-state index is 14.8. The van der Waals surface area contributed by atoms with E-state index in [2.05, 4.69) is 21.4 Å². The second-order valence-corrected chi connectivity index (χ2v) is 7.67. The number of thiazole rings is 1. The molecule has 146 valence electrons. The first kappa shape index (κ1) is 19.3. The number of halogens is 2. The van der Waals surface area contributed by atoms with Gasteiger partial charge >= 0.3 is 0 Å². The van der Waals surface area contributed by atoms with E-state index < -0.39 is 11.7 Å². The molecular formula is C19H14ClFN6OS. The van der Waals surface area contributed by atoms with Gasteiger partial charge in [0.15, 0.2) is 5.82 Å². The van der Waals surface area contributed by atoms with E-state index in [1.807, 2.05) is 11.0 Å². The van der Waals surface area contributed by atoms with Crippen molar-refractivity contribution in [2.24, 2.45) is 0 Å². The third-order valence-corrected chi connectivity index (χ3v) is 5.71. The fraction of sp³-hybridized carbons (Fsp3) is 0.263. The van der Waals surface area contributed by atoms with Crippen molar-refractivity contribution in [1.82, 2.24) is 15.3 Å². The van der Waals surface area contributed by atoms with E-state index in [4.69, 9.17) is 16.9 Å². The zero-order valence-corrected chi connectivity index (χ0v) is 16.6. The van der Waals surface area contributed by atoms with Crippen LogP contribution in [0.5, 0.6) is 5.88 Å². The Hall–Kier alpha value is -2.98. The quantitative estimate of drug-likeness (QED) is 0.657. The van der Waals surface area contributed by atoms with E-state index >= 15 is 0 Å². The zero-order chi connectivity index (χ0) is 20.5. The summed E-state index contributed by atoms with van der Waals surface area (Å²) in [4.78, 5) is 10.1. The second kappa shape index (κ2) is 7.80. The summed E-state index contributed by atoms with van der Waals surface area (Å²) < 4.78 is 14.8. The fourth-order valence-corrected chi connectivity index (χ4v) is 4.45. The lowest BCUT2D eigenvalue weighted by Crippen LogP contribution is -2.50. The van der Waals surface area contributed by atoms with Crippen molar-refractivity contribution < 1.29 is 9.50 Å². The van der Waals surface area contributed by atoms with Gasteiger partial charge in [-0.2, -0.15) is 10.5 Å². The number of nitrogens with zero attached hydrogens (tertiary/aromatic N) is 5. The SMILES string of the molecule is N#CC[C@H]1CN(c2c(C#N)c(O)nc3c(F)cc(Cl)c(-c4cscn4)c23)CCN1. The molecule has 1 fully saturated rings. The van der Waals surface area contributed by atoms with Crippen LogP contribution in [0.3, 0.4) is 0 Å². The van der Waals surface area contributed by atoms with E-state index in [9.17, 15) is 14.8 Å². The second-order valence-electron chi connectivity index (χ2n) is 6.54. The molecule has 29 heavy (non-hydrogen) atoms. The lowest BCUT2D eigenvalue weighted by atomic mass is 9.99. The minimum Gasteiger partial charge on any atom is -0.492 e. The lowest BCUT2D eigenvalue weighted by molar-refractivity contribution is 0.448. The lowest BCUT2D eigenvalue weighted by Gasteiger charge is -2.35. The standard InChI is InChI=1S/C19H14ClFN6OS/c20-12-5-13(21)17-16(15(12)14-8-29-9-25-14)18(11(6-23)19(28)26-17)27-4-3-24-10(7-27)1-2-22/h5,8-10,24H,1,3-4,7H2,(H,26,28)/t10-/m0/s1. The van der Waals surface area contributed by atoms with Gasteiger partial charge in [-0.15, -0.1) is 11.3 Å². The molecular weight excluding hydrogens is 415 g/mol. The van der Waals surface area contributed by atoms with Crippen molar-refractivity contribution in [2.75, 3.05) is 24.5 Å². The van der Waals surface area contributed by atoms with Crippen LogP contribution in [0.4, 0.5) is 10.1 Å². The molecule has 0 spiro atoms. The topological polar surface area (TPSA) is 109 Å². The first-order chi connectivity index (χ1) is 14.0. The summed E-state index contributed by atoms with van der Waals surface area (Å²) in [6, 6.07) is 5.13. The first-order valence-corrected chi connectivity index (χ1v) is 10.1. The van der Waals surface area contributed by atoms with Crippen LogP contribution in [-0.4, -0.2) is 40.8 Å². The number of benzene rings is 1. The molecule has 10 heteroatoms. The summed E-state index contributed by atoms with van der Waals surface area (Å²) in [6.07, 6.45) is 0.279. The number of rotatable bonds is 3. The molecule has 1 aliphatic heterocycles. The van der Waals surface area contributed by atoms with Gasteiger partial charge in [-0.1, -0.05) is 11.6 Å². The molecule has 1 aromatic carbocycles. The number of piperazine rings is 1. The molecule has 3 aromatic rings. The van der Waals surface area contributed by atoms with Crippen molar-refractivity contribution in [1.29, 1.82) is 10.5 Å². The maximum Gasteiger partial charge on any atom is 0.232 e. The molecule has 7 nitrogen and oxygen atoms in total. The molecule has 0 radical (unpaired) electrons. The predicted octanol–water partition coefficient (Wildman–Crippen LogP) is 3.42. The molecule has 1 aliphatic rings. The number of pyridine rings is 1. The Morgan fingerprint density at radius 1 is 1.45 bits per heavy atom. The first-order valence-electron chi connectivity index (χ1n) is 8.73. The number of anilines is 1. The Kier molecular flexibility index (Phi) is 5.20. The van der Waals surface area contributed by atoms with Crippen LogP contribution in [0, 0.1) is 28.5 Å². The van der Waals surface area contributed by atoms with Gasteiger partial charge in [-0.25, -0.2) is 14.4 Å². The minimum absolute atomic E-state index is 0.0618. The van der Waals surface area contributed by atoms with E-state index in [1.165, 1.54) is 11.3 Å². The molecule has 2 aromatic heterocycles. The number of fused-ring (bicyclic) bond motifs is 1. The van der Waals surface area contributed by atoms with Crippen LogP contribution in [0.25, 0.3) is 22.2 Å². The fourth-order valence-electron chi connectivity index (χ4n) is 3.62. The molecule has 1 saturated heterocycles. The van der Waals surface area contributed by atoms with Gasteiger partial charge in [0.2, 0.25) is 5.88 Å².